The maximum atomic E-state index is 13.5. The quantitative estimate of drug-likeness (QED) is 0.375. The van der Waals surface area contributed by atoms with E-state index < -0.39 is 11.8 Å². The van der Waals surface area contributed by atoms with Gasteiger partial charge in [0.15, 0.2) is 0 Å². The number of nitrogens with one attached hydrogen (secondary N) is 2. The zero-order valence-corrected chi connectivity index (χ0v) is 22.6. The molecule has 1 saturated heterocycles. The normalized spacial score (nSPS) is 20.9. The summed E-state index contributed by atoms with van der Waals surface area (Å²) in [5.74, 6) is -0.895. The van der Waals surface area contributed by atoms with Crippen LogP contribution in [0.1, 0.15) is 49.7 Å². The van der Waals surface area contributed by atoms with Crippen LogP contribution >= 0.6 is 11.3 Å². The summed E-state index contributed by atoms with van der Waals surface area (Å²) in [7, 11) is 2.15. The molecule has 0 unspecified atom stereocenters. The van der Waals surface area contributed by atoms with Crippen molar-refractivity contribution in [3.63, 3.8) is 0 Å². The van der Waals surface area contributed by atoms with Gasteiger partial charge in [0.05, 0.1) is 39.9 Å². The lowest BCUT2D eigenvalue weighted by Gasteiger charge is -2.38. The number of likely N-dealkylation sites (N-methyl/N-ethyl adjacent to an activating group) is 1. The van der Waals surface area contributed by atoms with Crippen molar-refractivity contribution in [2.45, 2.75) is 39.2 Å². The summed E-state index contributed by atoms with van der Waals surface area (Å²) < 4.78 is 1.14. The predicted molar refractivity (Wildman–Crippen MR) is 150 cm³/mol. The zero-order chi connectivity index (χ0) is 26.4. The molecule has 0 aliphatic carbocycles. The Bertz CT molecular complexity index is 1570. The molecule has 38 heavy (non-hydrogen) atoms. The molecule has 2 amide bonds. The average molecular weight is 530 g/mol. The molecule has 2 atom stereocenters. The van der Waals surface area contributed by atoms with Crippen LogP contribution in [0.2, 0.25) is 0 Å². The van der Waals surface area contributed by atoms with Gasteiger partial charge in [0, 0.05) is 31.2 Å². The van der Waals surface area contributed by atoms with Crippen LogP contribution < -0.4 is 5.32 Å². The molecule has 0 radical (unpaired) electrons. The third-order valence-electron chi connectivity index (χ3n) is 7.70. The van der Waals surface area contributed by atoms with E-state index in [1.807, 2.05) is 0 Å². The number of H-pyrrole nitrogens is 1. The number of carbonyl (C=O) groups excluding carboxylic acids is 2. The Morgan fingerprint density at radius 2 is 2.05 bits per heavy atom. The number of rotatable bonds is 3. The van der Waals surface area contributed by atoms with E-state index in [9.17, 15) is 9.59 Å². The molecule has 2 N–H and O–H groups in total. The number of aromatic amines is 1. The predicted octanol–water partition coefficient (Wildman–Crippen LogP) is 4.61. The van der Waals surface area contributed by atoms with Crippen molar-refractivity contribution in [3.05, 3.63) is 52.9 Å². The molecule has 4 aromatic rings. The summed E-state index contributed by atoms with van der Waals surface area (Å²) in [6, 6.07) is 6.13. The smallest absolute Gasteiger partial charge is 0.314 e. The molecule has 5 heterocycles. The van der Waals surface area contributed by atoms with Gasteiger partial charge in [-0.1, -0.05) is 18.6 Å². The van der Waals surface area contributed by atoms with E-state index in [1.165, 1.54) is 17.3 Å². The first-order valence-electron chi connectivity index (χ1n) is 13.0. The first kappa shape index (κ1) is 24.7. The highest BCUT2D eigenvalue weighted by Gasteiger charge is 2.34. The van der Waals surface area contributed by atoms with E-state index in [0.29, 0.717) is 23.7 Å². The topological polar surface area (TPSA) is 107 Å². The Hall–Kier alpha value is -3.63. The Balaban J connectivity index is 1.27. The molecule has 2 aliphatic rings. The number of anilines is 1. The number of aromatic nitrogens is 4. The van der Waals surface area contributed by atoms with Crippen molar-refractivity contribution < 1.29 is 9.59 Å². The average Bonchev–Trinajstić information content (AvgIpc) is 3.55. The molecule has 6 rings (SSSR count). The van der Waals surface area contributed by atoms with Crippen LogP contribution in [0.5, 0.6) is 0 Å². The second kappa shape index (κ2) is 9.92. The lowest BCUT2D eigenvalue weighted by atomic mass is 9.89. The number of hydrogen-bond donors (Lipinski definition) is 2. The summed E-state index contributed by atoms with van der Waals surface area (Å²) in [6.45, 7) is 6.86. The summed E-state index contributed by atoms with van der Waals surface area (Å²) in [5, 5.41) is 11.5. The van der Waals surface area contributed by atoms with E-state index in [1.54, 1.807) is 28.6 Å². The van der Waals surface area contributed by atoms with Gasteiger partial charge in [-0.2, -0.15) is 5.10 Å². The summed E-state index contributed by atoms with van der Waals surface area (Å²) in [5.41, 5.74) is 5.79. The number of likely N-dealkylation sites (tertiary alicyclic amines) is 1. The molecule has 1 fully saturated rings. The highest BCUT2D eigenvalue weighted by atomic mass is 32.1. The summed E-state index contributed by atoms with van der Waals surface area (Å²) in [6.07, 6.45) is 7.62. The fraction of sp³-hybridized carbons (Fsp3) is 0.393. The minimum atomic E-state index is -0.672. The number of fused-ring (bicyclic) bond motifs is 2. The Labute approximate surface area is 224 Å². The maximum absolute atomic E-state index is 13.5. The molecule has 196 valence electrons. The highest BCUT2D eigenvalue weighted by molar-refractivity contribution is 7.19. The molecule has 0 saturated carbocycles. The fourth-order valence-corrected chi connectivity index (χ4v) is 6.75. The number of carbonyl (C=O) groups is 2. The second-order valence-corrected chi connectivity index (χ2v) is 11.7. The SMILES string of the molecule is CC1=C(c2nc3cc([C@H]4CC[C@H](C)CN4C(=O)C(=O)Nc4cncc5cn[nH]c45)ccc3s2)CCN(C)C1. The molecule has 0 bridgehead atoms. The van der Waals surface area contributed by atoms with Gasteiger partial charge in [0.2, 0.25) is 0 Å². The summed E-state index contributed by atoms with van der Waals surface area (Å²) >= 11 is 1.73. The van der Waals surface area contributed by atoms with E-state index in [2.05, 4.69) is 64.5 Å². The van der Waals surface area contributed by atoms with Gasteiger partial charge in [-0.25, -0.2) is 4.98 Å². The summed E-state index contributed by atoms with van der Waals surface area (Å²) in [4.78, 5) is 39.8. The first-order valence-corrected chi connectivity index (χ1v) is 13.9. The number of hydrogen-bond acceptors (Lipinski definition) is 7. The Kier molecular flexibility index (Phi) is 6.45. The molecule has 0 spiro atoms. The van der Waals surface area contributed by atoms with Gasteiger partial charge in [0.25, 0.3) is 0 Å². The van der Waals surface area contributed by atoms with Crippen LogP contribution in [-0.2, 0) is 9.59 Å². The third-order valence-corrected chi connectivity index (χ3v) is 8.79. The number of thiazole rings is 1. The Morgan fingerprint density at radius 3 is 2.89 bits per heavy atom. The van der Waals surface area contributed by atoms with Crippen molar-refractivity contribution in [3.8, 4) is 0 Å². The lowest BCUT2D eigenvalue weighted by molar-refractivity contribution is -0.146. The third kappa shape index (κ3) is 4.58. The van der Waals surface area contributed by atoms with Gasteiger partial charge in [-0.3, -0.25) is 19.7 Å². The number of amides is 2. The van der Waals surface area contributed by atoms with Gasteiger partial charge in [-0.05, 0) is 62.4 Å². The molecular weight excluding hydrogens is 498 g/mol. The van der Waals surface area contributed by atoms with Gasteiger partial charge < -0.3 is 15.1 Å². The molecule has 2 aliphatic heterocycles. The minimum absolute atomic E-state index is 0.177. The van der Waals surface area contributed by atoms with Crippen LogP contribution in [0, 0.1) is 5.92 Å². The fourth-order valence-electron chi connectivity index (χ4n) is 5.66. The van der Waals surface area contributed by atoms with E-state index in [4.69, 9.17) is 4.98 Å². The van der Waals surface area contributed by atoms with Crippen LogP contribution in [0.25, 0.3) is 26.7 Å². The number of pyridine rings is 1. The van der Waals surface area contributed by atoms with Gasteiger partial charge in [-0.15, -0.1) is 11.3 Å². The van der Waals surface area contributed by atoms with Gasteiger partial charge >= 0.3 is 11.8 Å². The first-order chi connectivity index (χ1) is 18.4. The van der Waals surface area contributed by atoms with Crippen LogP contribution in [0.4, 0.5) is 5.69 Å². The molecule has 3 aromatic heterocycles. The van der Waals surface area contributed by atoms with E-state index in [0.717, 1.165) is 58.5 Å². The van der Waals surface area contributed by atoms with Gasteiger partial charge in [0.1, 0.15) is 5.01 Å². The second-order valence-electron chi connectivity index (χ2n) is 10.6. The van der Waals surface area contributed by atoms with Crippen molar-refractivity contribution in [1.29, 1.82) is 0 Å². The zero-order valence-electron chi connectivity index (χ0n) is 21.8. The number of piperidine rings is 1. The largest absolute Gasteiger partial charge is 0.327 e. The highest BCUT2D eigenvalue weighted by Crippen LogP contribution is 2.38. The molecule has 1 aromatic carbocycles. The van der Waals surface area contributed by atoms with Crippen molar-refractivity contribution in [2.75, 3.05) is 32.0 Å². The Morgan fingerprint density at radius 1 is 1.18 bits per heavy atom. The van der Waals surface area contributed by atoms with Crippen LogP contribution in [-0.4, -0.2) is 68.5 Å². The van der Waals surface area contributed by atoms with E-state index >= 15 is 0 Å². The van der Waals surface area contributed by atoms with Crippen molar-refractivity contribution in [1.82, 2.24) is 30.0 Å². The number of benzene rings is 1. The minimum Gasteiger partial charge on any atom is -0.327 e. The molecule has 10 heteroatoms. The van der Waals surface area contributed by atoms with Crippen molar-refractivity contribution in [2.24, 2.45) is 5.92 Å². The van der Waals surface area contributed by atoms with Crippen LogP contribution in [0.3, 0.4) is 0 Å². The lowest BCUT2D eigenvalue weighted by Crippen LogP contribution is -2.46. The molecular formula is C28H31N7O2S. The standard InChI is InChI=1S/C28H31N7O2S/c1-16-4-6-23(35(14-16)28(37)26(36)31-22-13-29-11-19-12-30-33-25(19)22)18-5-7-24-21(10-18)32-27(38-24)20-8-9-34(3)15-17(20)2/h5,7,10-13,16,23H,4,6,8-9,14-15H2,1-3H3,(H,30,33)(H,31,36)/t16-,23+/m0/s1. The monoisotopic (exact) mass is 529 g/mol. The van der Waals surface area contributed by atoms with Crippen LogP contribution in [0.15, 0.2) is 42.4 Å². The molecule has 9 nitrogen and oxygen atoms in total. The van der Waals surface area contributed by atoms with E-state index in [-0.39, 0.29) is 6.04 Å². The maximum Gasteiger partial charge on any atom is 0.314 e. The van der Waals surface area contributed by atoms with Crippen molar-refractivity contribution >= 4 is 55.5 Å². The number of nitrogens with zero attached hydrogens (tertiary/aromatic N) is 5.